The Morgan fingerprint density at radius 2 is 2.14 bits per heavy atom. The zero-order valence-corrected chi connectivity index (χ0v) is 13.8. The Morgan fingerprint density at radius 3 is 2.73 bits per heavy atom. The second-order valence-electron chi connectivity index (χ2n) is 6.60. The van der Waals surface area contributed by atoms with Crippen molar-refractivity contribution in [3.8, 4) is 0 Å². The molecule has 2 heterocycles. The van der Waals surface area contributed by atoms with Gasteiger partial charge in [0.1, 0.15) is 5.60 Å². The molecule has 6 nitrogen and oxygen atoms in total. The number of nitrogens with zero attached hydrogens (tertiary/aromatic N) is 1. The molecule has 0 unspecified atom stereocenters. The highest BCUT2D eigenvalue weighted by Crippen LogP contribution is 2.22. The van der Waals surface area contributed by atoms with Gasteiger partial charge in [0.05, 0.1) is 12.3 Å². The number of hydrogen-bond acceptors (Lipinski definition) is 5. The molecule has 1 aromatic rings. The van der Waals surface area contributed by atoms with Gasteiger partial charge in [-0.3, -0.25) is 10.1 Å². The molecule has 0 spiro atoms. The minimum atomic E-state index is -0.914. The van der Waals surface area contributed by atoms with E-state index < -0.39 is 5.60 Å². The average Bonchev–Trinajstić information content (AvgIpc) is 2.95. The van der Waals surface area contributed by atoms with E-state index >= 15 is 0 Å². The van der Waals surface area contributed by atoms with Crippen LogP contribution in [-0.4, -0.2) is 36.5 Å². The lowest BCUT2D eigenvalue weighted by Gasteiger charge is -2.28. The average molecular weight is 310 g/mol. The normalized spacial score (nSPS) is 17.0. The highest BCUT2D eigenvalue weighted by molar-refractivity contribution is 5.95. The van der Waals surface area contributed by atoms with Crippen LogP contribution in [0.1, 0.15) is 52.1 Å². The van der Waals surface area contributed by atoms with Crippen molar-refractivity contribution in [1.82, 2.24) is 5.16 Å². The number of nitrogens with one attached hydrogen (secondary N) is 1. The van der Waals surface area contributed by atoms with Crippen LogP contribution in [0.2, 0.25) is 0 Å². The lowest BCUT2D eigenvalue weighted by atomic mass is 10.0. The Morgan fingerprint density at radius 1 is 1.45 bits per heavy atom. The van der Waals surface area contributed by atoms with Crippen LogP contribution in [0.25, 0.3) is 0 Å². The van der Waals surface area contributed by atoms with Crippen molar-refractivity contribution in [2.24, 2.45) is 5.92 Å². The van der Waals surface area contributed by atoms with Crippen molar-refractivity contribution in [1.29, 1.82) is 0 Å². The first-order valence-corrected chi connectivity index (χ1v) is 7.88. The predicted octanol–water partition coefficient (Wildman–Crippen LogP) is 2.96. The SMILES string of the molecule is CC(C)c1cc(NC(=O)C(C)(C)OCC2CCOCC2)on1. The van der Waals surface area contributed by atoms with E-state index in [1.165, 1.54) is 0 Å². The Hall–Kier alpha value is -1.40. The standard InChI is InChI=1S/C16H26N2O4/c1-11(2)13-9-14(22-18-13)17-15(19)16(3,4)21-10-12-5-7-20-8-6-12/h9,11-12H,5-8,10H2,1-4H3,(H,17,19). The minimum Gasteiger partial charge on any atom is -0.381 e. The van der Waals surface area contributed by atoms with Crippen LogP contribution in [0.3, 0.4) is 0 Å². The third kappa shape index (κ3) is 4.55. The Balaban J connectivity index is 1.85. The summed E-state index contributed by atoms with van der Waals surface area (Å²) in [5, 5.41) is 6.65. The van der Waals surface area contributed by atoms with E-state index in [1.807, 2.05) is 13.8 Å². The number of ether oxygens (including phenoxy) is 2. The number of aromatic nitrogens is 1. The van der Waals surface area contributed by atoms with Gasteiger partial charge in [0, 0.05) is 19.3 Å². The van der Waals surface area contributed by atoms with Crippen LogP contribution < -0.4 is 5.32 Å². The first-order valence-electron chi connectivity index (χ1n) is 7.88. The highest BCUT2D eigenvalue weighted by Gasteiger charge is 2.31. The fourth-order valence-corrected chi connectivity index (χ4v) is 2.19. The monoisotopic (exact) mass is 310 g/mol. The molecule has 1 aliphatic rings. The Bertz CT molecular complexity index is 490. The van der Waals surface area contributed by atoms with Gasteiger partial charge in [-0.2, -0.15) is 0 Å². The zero-order valence-electron chi connectivity index (χ0n) is 13.8. The van der Waals surface area contributed by atoms with Crippen molar-refractivity contribution < 1.29 is 18.8 Å². The molecular formula is C16H26N2O4. The van der Waals surface area contributed by atoms with E-state index in [0.717, 1.165) is 31.7 Å². The van der Waals surface area contributed by atoms with E-state index in [2.05, 4.69) is 10.5 Å². The number of carbonyl (C=O) groups is 1. The van der Waals surface area contributed by atoms with Gasteiger partial charge < -0.3 is 14.0 Å². The van der Waals surface area contributed by atoms with Crippen molar-refractivity contribution >= 4 is 11.8 Å². The molecule has 0 aliphatic carbocycles. The lowest BCUT2D eigenvalue weighted by Crippen LogP contribution is -2.41. The van der Waals surface area contributed by atoms with Gasteiger partial charge in [0.2, 0.25) is 5.88 Å². The van der Waals surface area contributed by atoms with E-state index in [0.29, 0.717) is 18.4 Å². The maximum Gasteiger partial charge on any atom is 0.258 e. The molecule has 1 fully saturated rings. The van der Waals surface area contributed by atoms with Crippen molar-refractivity contribution in [3.05, 3.63) is 11.8 Å². The van der Waals surface area contributed by atoms with Crippen LogP contribution >= 0.6 is 0 Å². The van der Waals surface area contributed by atoms with Crippen LogP contribution in [0, 0.1) is 5.92 Å². The van der Waals surface area contributed by atoms with Gasteiger partial charge in [0.15, 0.2) is 0 Å². The quantitative estimate of drug-likeness (QED) is 0.874. The Kier molecular flexibility index (Phi) is 5.58. The van der Waals surface area contributed by atoms with Gasteiger partial charge >= 0.3 is 0 Å². The lowest BCUT2D eigenvalue weighted by molar-refractivity contribution is -0.140. The second kappa shape index (κ2) is 7.24. The summed E-state index contributed by atoms with van der Waals surface area (Å²) in [6.45, 7) is 9.68. The number of hydrogen-bond donors (Lipinski definition) is 1. The molecule has 6 heteroatoms. The molecular weight excluding hydrogens is 284 g/mol. The summed E-state index contributed by atoms with van der Waals surface area (Å²) in [5.41, 5.74) is -0.0976. The molecule has 22 heavy (non-hydrogen) atoms. The van der Waals surface area contributed by atoms with Gasteiger partial charge in [-0.1, -0.05) is 19.0 Å². The number of rotatable bonds is 6. The van der Waals surface area contributed by atoms with Gasteiger partial charge in [0.25, 0.3) is 5.91 Å². The first-order chi connectivity index (χ1) is 10.4. The number of anilines is 1. The van der Waals surface area contributed by atoms with Crippen LogP contribution in [-0.2, 0) is 14.3 Å². The van der Waals surface area contributed by atoms with Crippen molar-refractivity contribution in [3.63, 3.8) is 0 Å². The molecule has 1 saturated heterocycles. The molecule has 0 bridgehead atoms. The van der Waals surface area contributed by atoms with Gasteiger partial charge in [-0.25, -0.2) is 0 Å². The molecule has 1 amide bonds. The van der Waals surface area contributed by atoms with E-state index in [-0.39, 0.29) is 11.8 Å². The largest absolute Gasteiger partial charge is 0.381 e. The van der Waals surface area contributed by atoms with Crippen molar-refractivity contribution in [2.75, 3.05) is 25.1 Å². The maximum absolute atomic E-state index is 12.3. The molecule has 1 N–H and O–H groups in total. The zero-order chi connectivity index (χ0) is 16.2. The number of amides is 1. The summed E-state index contributed by atoms with van der Waals surface area (Å²) in [4.78, 5) is 12.3. The molecule has 0 saturated carbocycles. The van der Waals surface area contributed by atoms with E-state index in [1.54, 1.807) is 19.9 Å². The summed E-state index contributed by atoms with van der Waals surface area (Å²) >= 11 is 0. The molecule has 0 aromatic carbocycles. The van der Waals surface area contributed by atoms with Crippen LogP contribution in [0.15, 0.2) is 10.6 Å². The fraction of sp³-hybridized carbons (Fsp3) is 0.750. The molecule has 2 rings (SSSR count). The summed E-state index contributed by atoms with van der Waals surface area (Å²) in [6, 6.07) is 1.75. The molecule has 1 aliphatic heterocycles. The molecule has 0 atom stereocenters. The summed E-state index contributed by atoms with van der Waals surface area (Å²) in [5.74, 6) is 0.841. The summed E-state index contributed by atoms with van der Waals surface area (Å²) < 4.78 is 16.3. The van der Waals surface area contributed by atoms with E-state index in [4.69, 9.17) is 14.0 Å². The van der Waals surface area contributed by atoms with Crippen LogP contribution in [0.5, 0.6) is 0 Å². The van der Waals surface area contributed by atoms with E-state index in [9.17, 15) is 4.79 Å². The van der Waals surface area contributed by atoms with Crippen molar-refractivity contribution in [2.45, 2.75) is 52.1 Å². The summed E-state index contributed by atoms with van der Waals surface area (Å²) in [6.07, 6.45) is 1.97. The smallest absolute Gasteiger partial charge is 0.258 e. The van der Waals surface area contributed by atoms with Gasteiger partial charge in [-0.05, 0) is 38.5 Å². The molecule has 0 radical (unpaired) electrons. The highest BCUT2D eigenvalue weighted by atomic mass is 16.5. The topological polar surface area (TPSA) is 73.6 Å². The number of carbonyl (C=O) groups excluding carboxylic acids is 1. The first kappa shape index (κ1) is 17.0. The van der Waals surface area contributed by atoms with Gasteiger partial charge in [-0.15, -0.1) is 0 Å². The minimum absolute atomic E-state index is 0.231. The third-order valence-corrected chi connectivity index (χ3v) is 3.92. The van der Waals surface area contributed by atoms with Crippen LogP contribution in [0.4, 0.5) is 5.88 Å². The maximum atomic E-state index is 12.3. The molecule has 124 valence electrons. The predicted molar refractivity (Wildman–Crippen MR) is 82.8 cm³/mol. The summed E-state index contributed by atoms with van der Waals surface area (Å²) in [7, 11) is 0. The molecule has 1 aromatic heterocycles. The second-order valence-corrected chi connectivity index (χ2v) is 6.60. The Labute approximate surface area is 131 Å². The fourth-order valence-electron chi connectivity index (χ4n) is 2.19. The third-order valence-electron chi connectivity index (χ3n) is 3.92.